The van der Waals surface area contributed by atoms with Crippen molar-refractivity contribution in [3.05, 3.63) is 24.3 Å². The van der Waals surface area contributed by atoms with Gasteiger partial charge in [-0.15, -0.1) is 0 Å². The van der Waals surface area contributed by atoms with Gasteiger partial charge in [-0.1, -0.05) is 52.2 Å². The summed E-state index contributed by atoms with van der Waals surface area (Å²) in [4.78, 5) is 22.7. The number of unbranched alkanes of at least 4 members (excludes halogenated alkanes) is 5. The molecule has 0 aromatic rings. The zero-order valence-electron chi connectivity index (χ0n) is 16.5. The molecule has 0 aromatic carbocycles. The number of phosphoric acid groups is 1. The van der Waals surface area contributed by atoms with Crippen molar-refractivity contribution in [3.63, 3.8) is 0 Å². The lowest BCUT2D eigenvalue weighted by Crippen LogP contribution is -2.13. The van der Waals surface area contributed by atoms with E-state index in [1.165, 1.54) is 20.3 Å². The molecular formula is C18H31O8P. The number of esters is 2. The van der Waals surface area contributed by atoms with Crippen molar-refractivity contribution in [3.8, 4) is 0 Å². The topological polar surface area (TPSA) is 97.4 Å². The normalized spacial score (nSPS) is 11.1. The summed E-state index contributed by atoms with van der Waals surface area (Å²) in [6, 6.07) is 0. The van der Waals surface area contributed by atoms with Gasteiger partial charge in [0.25, 0.3) is 0 Å². The summed E-state index contributed by atoms with van der Waals surface area (Å²) < 4.78 is 37.1. The van der Waals surface area contributed by atoms with Crippen molar-refractivity contribution in [1.82, 2.24) is 0 Å². The van der Waals surface area contributed by atoms with Gasteiger partial charge in [0.2, 0.25) is 13.6 Å². The van der Waals surface area contributed by atoms with E-state index in [0.29, 0.717) is 6.42 Å². The summed E-state index contributed by atoms with van der Waals surface area (Å²) >= 11 is 0. The maximum absolute atomic E-state index is 12.6. The SMILES string of the molecule is C=C(C)C(=O)OCOP(=O)(OCCCCCCCC)OCOC(=O)C(=C)C. The Morgan fingerprint density at radius 3 is 1.67 bits per heavy atom. The molecule has 0 aromatic heterocycles. The highest BCUT2D eigenvalue weighted by Gasteiger charge is 2.28. The Balaban J connectivity index is 4.43. The van der Waals surface area contributed by atoms with E-state index in [9.17, 15) is 14.2 Å². The largest absolute Gasteiger partial charge is 0.480 e. The van der Waals surface area contributed by atoms with Crippen LogP contribution in [-0.4, -0.2) is 32.1 Å². The minimum absolute atomic E-state index is 0.131. The van der Waals surface area contributed by atoms with Crippen molar-refractivity contribution < 1.29 is 37.2 Å². The number of rotatable bonds is 16. The van der Waals surface area contributed by atoms with Gasteiger partial charge in [0.1, 0.15) is 0 Å². The number of hydrogen-bond donors (Lipinski definition) is 0. The summed E-state index contributed by atoms with van der Waals surface area (Å²) in [5, 5.41) is 0. The maximum Gasteiger partial charge on any atom is 0.480 e. The summed E-state index contributed by atoms with van der Waals surface area (Å²) in [6.07, 6.45) is 6.09. The van der Waals surface area contributed by atoms with Crippen LogP contribution in [0.1, 0.15) is 59.3 Å². The molecule has 0 radical (unpaired) electrons. The standard InChI is InChI=1S/C18H31O8P/c1-6-7-8-9-10-11-12-24-27(21,25-13-22-17(19)15(2)3)26-14-23-18(20)16(4)5/h2,4,6-14H2,1,3,5H3. The van der Waals surface area contributed by atoms with Gasteiger partial charge < -0.3 is 9.47 Å². The van der Waals surface area contributed by atoms with Gasteiger partial charge >= 0.3 is 19.8 Å². The van der Waals surface area contributed by atoms with Gasteiger partial charge in [0, 0.05) is 11.1 Å². The number of ether oxygens (including phenoxy) is 2. The number of carbonyl (C=O) groups excluding carboxylic acids is 2. The Bertz CT molecular complexity index is 507. The first-order chi connectivity index (χ1) is 12.7. The molecule has 0 fully saturated rings. The molecule has 0 saturated heterocycles. The Labute approximate surface area is 161 Å². The molecule has 0 spiro atoms. The molecule has 156 valence electrons. The highest BCUT2D eigenvalue weighted by atomic mass is 31.2. The van der Waals surface area contributed by atoms with Crippen molar-refractivity contribution in [2.75, 3.05) is 20.2 Å². The minimum atomic E-state index is -4.07. The third-order valence-corrected chi connectivity index (χ3v) is 4.59. The zero-order chi connectivity index (χ0) is 20.7. The average molecular weight is 406 g/mol. The van der Waals surface area contributed by atoms with Gasteiger partial charge in [-0.2, -0.15) is 0 Å². The van der Waals surface area contributed by atoms with Crippen LogP contribution in [-0.2, 0) is 37.2 Å². The fourth-order valence-electron chi connectivity index (χ4n) is 1.71. The molecule has 0 aliphatic rings. The molecule has 0 aliphatic heterocycles. The van der Waals surface area contributed by atoms with Gasteiger partial charge in [-0.25, -0.2) is 23.2 Å². The monoisotopic (exact) mass is 406 g/mol. The second kappa shape index (κ2) is 14.6. The van der Waals surface area contributed by atoms with Crippen LogP contribution in [0.3, 0.4) is 0 Å². The number of phosphoric ester groups is 1. The van der Waals surface area contributed by atoms with Crippen LogP contribution >= 0.6 is 7.82 Å². The van der Waals surface area contributed by atoms with Gasteiger partial charge in [0.05, 0.1) is 6.61 Å². The van der Waals surface area contributed by atoms with E-state index in [1.54, 1.807) is 0 Å². The predicted octanol–water partition coefficient (Wildman–Crippen LogP) is 4.66. The van der Waals surface area contributed by atoms with Crippen molar-refractivity contribution in [2.24, 2.45) is 0 Å². The van der Waals surface area contributed by atoms with Crippen molar-refractivity contribution in [1.29, 1.82) is 0 Å². The van der Waals surface area contributed by atoms with Crippen LogP contribution < -0.4 is 0 Å². The molecule has 0 atom stereocenters. The van der Waals surface area contributed by atoms with E-state index in [4.69, 9.17) is 23.0 Å². The van der Waals surface area contributed by atoms with Crippen LogP contribution in [0.15, 0.2) is 24.3 Å². The zero-order valence-corrected chi connectivity index (χ0v) is 17.4. The first-order valence-corrected chi connectivity index (χ1v) is 10.4. The van der Waals surface area contributed by atoms with E-state index in [-0.39, 0.29) is 17.8 Å². The quantitative estimate of drug-likeness (QED) is 0.120. The first-order valence-electron chi connectivity index (χ1n) is 8.90. The van der Waals surface area contributed by atoms with Crippen molar-refractivity contribution in [2.45, 2.75) is 59.3 Å². The summed E-state index contributed by atoms with van der Waals surface area (Å²) in [7, 11) is -4.07. The molecule has 8 nitrogen and oxygen atoms in total. The van der Waals surface area contributed by atoms with Crippen LogP contribution in [0.2, 0.25) is 0 Å². The van der Waals surface area contributed by atoms with E-state index in [1.807, 2.05) is 0 Å². The molecule has 0 saturated carbocycles. The summed E-state index contributed by atoms with van der Waals surface area (Å²) in [5.74, 6) is -1.41. The Kier molecular flexibility index (Phi) is 13.8. The molecule has 0 bridgehead atoms. The third-order valence-electron chi connectivity index (χ3n) is 3.25. The molecule has 27 heavy (non-hydrogen) atoms. The van der Waals surface area contributed by atoms with Crippen LogP contribution in [0.4, 0.5) is 0 Å². The second-order valence-corrected chi connectivity index (χ2v) is 7.64. The van der Waals surface area contributed by atoms with Gasteiger partial charge in [0.15, 0.2) is 0 Å². The molecule has 0 rings (SSSR count). The van der Waals surface area contributed by atoms with Crippen LogP contribution in [0.5, 0.6) is 0 Å². The van der Waals surface area contributed by atoms with Gasteiger partial charge in [-0.05, 0) is 20.3 Å². The van der Waals surface area contributed by atoms with Crippen LogP contribution in [0.25, 0.3) is 0 Å². The lowest BCUT2D eigenvalue weighted by atomic mass is 10.1. The Morgan fingerprint density at radius 1 is 0.778 bits per heavy atom. The number of hydrogen-bond acceptors (Lipinski definition) is 8. The smallest absolute Gasteiger partial charge is 0.435 e. The molecule has 0 unspecified atom stereocenters. The summed E-state index contributed by atoms with van der Waals surface area (Å²) in [5.41, 5.74) is 0.329. The van der Waals surface area contributed by atoms with Crippen LogP contribution in [0, 0.1) is 0 Å². The Morgan fingerprint density at radius 2 is 1.22 bits per heavy atom. The van der Waals surface area contributed by atoms with Gasteiger partial charge in [-0.3, -0.25) is 4.52 Å². The second-order valence-electron chi connectivity index (χ2n) is 5.97. The summed E-state index contributed by atoms with van der Waals surface area (Å²) in [6.45, 7) is 10.7. The lowest BCUT2D eigenvalue weighted by molar-refractivity contribution is -0.149. The fourth-order valence-corrected chi connectivity index (χ4v) is 2.65. The molecule has 0 amide bonds. The van der Waals surface area contributed by atoms with E-state index >= 15 is 0 Å². The van der Waals surface area contributed by atoms with E-state index < -0.39 is 33.3 Å². The average Bonchev–Trinajstić information content (AvgIpc) is 2.60. The molecule has 0 aliphatic carbocycles. The first kappa shape index (κ1) is 25.5. The molecule has 9 heteroatoms. The fraction of sp³-hybridized carbons (Fsp3) is 0.667. The maximum atomic E-state index is 12.6. The predicted molar refractivity (Wildman–Crippen MR) is 101 cm³/mol. The number of carbonyl (C=O) groups is 2. The lowest BCUT2D eigenvalue weighted by Gasteiger charge is -2.18. The van der Waals surface area contributed by atoms with E-state index in [0.717, 1.165) is 25.7 Å². The Hall–Kier alpha value is -1.47. The molecule has 0 heterocycles. The van der Waals surface area contributed by atoms with E-state index in [2.05, 4.69) is 20.1 Å². The highest BCUT2D eigenvalue weighted by Crippen LogP contribution is 2.49. The molecular weight excluding hydrogens is 375 g/mol. The molecule has 0 N–H and O–H groups in total. The highest BCUT2D eigenvalue weighted by molar-refractivity contribution is 7.48. The minimum Gasteiger partial charge on any atom is -0.435 e. The van der Waals surface area contributed by atoms with Crippen molar-refractivity contribution >= 4 is 19.8 Å². The third kappa shape index (κ3) is 13.4.